The average molecular weight is 373 g/mol. The van der Waals surface area contributed by atoms with Gasteiger partial charge in [-0.1, -0.05) is 0 Å². The van der Waals surface area contributed by atoms with Gasteiger partial charge < -0.3 is 9.47 Å². The Labute approximate surface area is 138 Å². The van der Waals surface area contributed by atoms with Crippen molar-refractivity contribution in [1.82, 2.24) is 9.97 Å². The SMILES string of the molecule is CC(C)(C)OC(=O)C(C(=O)OC(C)(C)C)c1ncc(Br)cn1. The molecular weight excluding hydrogens is 352 g/mol. The summed E-state index contributed by atoms with van der Waals surface area (Å²) in [5.41, 5.74) is -1.46. The maximum Gasteiger partial charge on any atom is 0.328 e. The van der Waals surface area contributed by atoms with Crippen molar-refractivity contribution in [3.63, 3.8) is 0 Å². The first-order chi connectivity index (χ1) is 9.89. The monoisotopic (exact) mass is 372 g/mol. The van der Waals surface area contributed by atoms with E-state index in [0.717, 1.165) is 0 Å². The molecule has 1 rings (SSSR count). The number of hydrogen-bond acceptors (Lipinski definition) is 6. The summed E-state index contributed by atoms with van der Waals surface area (Å²) in [7, 11) is 0. The van der Waals surface area contributed by atoms with Crippen molar-refractivity contribution in [2.24, 2.45) is 0 Å². The number of aromatic nitrogens is 2. The van der Waals surface area contributed by atoms with Gasteiger partial charge in [0.2, 0.25) is 5.92 Å². The Morgan fingerprint density at radius 3 is 1.64 bits per heavy atom. The summed E-state index contributed by atoms with van der Waals surface area (Å²) < 4.78 is 11.2. The van der Waals surface area contributed by atoms with E-state index >= 15 is 0 Å². The molecule has 22 heavy (non-hydrogen) atoms. The largest absolute Gasteiger partial charge is 0.459 e. The van der Waals surface area contributed by atoms with Gasteiger partial charge in [0.05, 0.1) is 4.47 Å². The van der Waals surface area contributed by atoms with Gasteiger partial charge in [-0.05, 0) is 57.5 Å². The fourth-order valence-corrected chi connectivity index (χ4v) is 1.70. The Kier molecular flexibility index (Phi) is 5.67. The molecule has 0 saturated carbocycles. The summed E-state index contributed by atoms with van der Waals surface area (Å²) in [6, 6.07) is 0. The van der Waals surface area contributed by atoms with Gasteiger partial charge in [-0.2, -0.15) is 0 Å². The van der Waals surface area contributed by atoms with Crippen LogP contribution in [0.15, 0.2) is 16.9 Å². The molecule has 0 aliphatic carbocycles. The van der Waals surface area contributed by atoms with E-state index in [0.29, 0.717) is 4.47 Å². The van der Waals surface area contributed by atoms with E-state index in [1.165, 1.54) is 12.4 Å². The quantitative estimate of drug-likeness (QED) is 0.599. The average Bonchev–Trinajstić information content (AvgIpc) is 2.27. The standard InChI is InChI=1S/C15H21BrN2O4/c1-14(2,3)21-12(19)10(13(20)22-15(4,5)6)11-17-7-9(16)8-18-11/h7-8,10H,1-6H3. The van der Waals surface area contributed by atoms with Crippen molar-refractivity contribution in [3.8, 4) is 0 Å². The van der Waals surface area contributed by atoms with Crippen LogP contribution < -0.4 is 0 Å². The van der Waals surface area contributed by atoms with E-state index in [1.54, 1.807) is 41.5 Å². The second-order valence-electron chi connectivity index (χ2n) is 6.76. The lowest BCUT2D eigenvalue weighted by atomic mass is 10.1. The van der Waals surface area contributed by atoms with Gasteiger partial charge in [0.15, 0.2) is 5.82 Å². The van der Waals surface area contributed by atoms with E-state index in [-0.39, 0.29) is 5.82 Å². The normalized spacial score (nSPS) is 12.2. The highest BCUT2D eigenvalue weighted by Gasteiger charge is 2.38. The van der Waals surface area contributed by atoms with Crippen LogP contribution >= 0.6 is 15.9 Å². The summed E-state index contributed by atoms with van der Waals surface area (Å²) in [5, 5.41) is 0. The number of ether oxygens (including phenoxy) is 2. The van der Waals surface area contributed by atoms with Crippen LogP contribution in [0.25, 0.3) is 0 Å². The molecular formula is C15H21BrN2O4. The van der Waals surface area contributed by atoms with E-state index in [2.05, 4.69) is 25.9 Å². The molecule has 0 aliphatic rings. The van der Waals surface area contributed by atoms with E-state index in [1.807, 2.05) is 0 Å². The molecule has 0 aromatic carbocycles. The first kappa shape index (κ1) is 18.5. The van der Waals surface area contributed by atoms with Crippen LogP contribution in [-0.2, 0) is 19.1 Å². The number of rotatable bonds is 3. The minimum absolute atomic E-state index is 0.0479. The van der Waals surface area contributed by atoms with Gasteiger partial charge in [0.1, 0.15) is 11.2 Å². The maximum absolute atomic E-state index is 12.4. The molecule has 0 fully saturated rings. The van der Waals surface area contributed by atoms with Crippen molar-refractivity contribution in [3.05, 3.63) is 22.7 Å². The molecule has 0 atom stereocenters. The number of halogens is 1. The lowest BCUT2D eigenvalue weighted by Gasteiger charge is -2.25. The third kappa shape index (κ3) is 6.09. The van der Waals surface area contributed by atoms with Crippen LogP contribution in [0.1, 0.15) is 53.3 Å². The molecule has 0 spiro atoms. The molecule has 1 aromatic heterocycles. The fourth-order valence-electron chi connectivity index (χ4n) is 1.50. The van der Waals surface area contributed by atoms with Crippen molar-refractivity contribution in [2.75, 3.05) is 0 Å². The molecule has 0 unspecified atom stereocenters. The lowest BCUT2D eigenvalue weighted by molar-refractivity contribution is -0.169. The molecule has 0 aliphatic heterocycles. The minimum atomic E-state index is -1.31. The number of hydrogen-bond donors (Lipinski definition) is 0. The Bertz CT molecular complexity index is 516. The van der Waals surface area contributed by atoms with E-state index < -0.39 is 29.1 Å². The first-order valence-corrected chi connectivity index (χ1v) is 7.61. The zero-order valence-corrected chi connectivity index (χ0v) is 15.2. The molecule has 0 saturated heterocycles. The predicted molar refractivity (Wildman–Crippen MR) is 84.2 cm³/mol. The highest BCUT2D eigenvalue weighted by Crippen LogP contribution is 2.23. The van der Waals surface area contributed by atoms with Gasteiger partial charge in [-0.3, -0.25) is 9.59 Å². The lowest BCUT2D eigenvalue weighted by Crippen LogP contribution is -2.36. The van der Waals surface area contributed by atoms with Gasteiger partial charge in [-0.15, -0.1) is 0 Å². The minimum Gasteiger partial charge on any atom is -0.459 e. The summed E-state index contributed by atoms with van der Waals surface area (Å²) in [4.78, 5) is 32.8. The molecule has 1 heterocycles. The third-order valence-corrected chi connectivity index (χ3v) is 2.59. The molecule has 0 N–H and O–H groups in total. The van der Waals surface area contributed by atoms with Crippen molar-refractivity contribution in [1.29, 1.82) is 0 Å². The summed E-state index contributed by atoms with van der Waals surface area (Å²) in [6.45, 7) is 10.3. The number of carbonyl (C=O) groups excluding carboxylic acids is 2. The van der Waals surface area contributed by atoms with Gasteiger partial charge >= 0.3 is 11.9 Å². The summed E-state index contributed by atoms with van der Waals surface area (Å²) >= 11 is 3.21. The van der Waals surface area contributed by atoms with Gasteiger partial charge in [0.25, 0.3) is 0 Å². The highest BCUT2D eigenvalue weighted by molar-refractivity contribution is 9.10. The zero-order chi connectivity index (χ0) is 17.1. The topological polar surface area (TPSA) is 78.4 Å². The third-order valence-electron chi connectivity index (χ3n) is 2.18. The predicted octanol–water partition coefficient (Wildman–Crippen LogP) is 3.01. The summed E-state index contributed by atoms with van der Waals surface area (Å²) in [5.74, 6) is -2.73. The number of carbonyl (C=O) groups is 2. The molecule has 0 bridgehead atoms. The van der Waals surface area contributed by atoms with Crippen LogP contribution in [0, 0.1) is 0 Å². The van der Waals surface area contributed by atoms with E-state index in [4.69, 9.17) is 9.47 Å². The Hall–Kier alpha value is -1.50. The smallest absolute Gasteiger partial charge is 0.328 e. The number of esters is 2. The van der Waals surface area contributed by atoms with Crippen LogP contribution in [0.5, 0.6) is 0 Å². The second-order valence-corrected chi connectivity index (χ2v) is 7.68. The second kappa shape index (κ2) is 6.73. The molecule has 7 heteroatoms. The van der Waals surface area contributed by atoms with Gasteiger partial charge in [0, 0.05) is 12.4 Å². The van der Waals surface area contributed by atoms with Crippen LogP contribution in [-0.4, -0.2) is 33.1 Å². The van der Waals surface area contributed by atoms with Crippen molar-refractivity contribution < 1.29 is 19.1 Å². The van der Waals surface area contributed by atoms with Crippen LogP contribution in [0.3, 0.4) is 0 Å². The summed E-state index contributed by atoms with van der Waals surface area (Å²) in [6.07, 6.45) is 2.92. The maximum atomic E-state index is 12.4. The molecule has 0 amide bonds. The first-order valence-electron chi connectivity index (χ1n) is 6.82. The fraction of sp³-hybridized carbons (Fsp3) is 0.600. The molecule has 122 valence electrons. The van der Waals surface area contributed by atoms with Gasteiger partial charge in [-0.25, -0.2) is 9.97 Å². The number of nitrogens with zero attached hydrogens (tertiary/aromatic N) is 2. The van der Waals surface area contributed by atoms with Crippen LogP contribution in [0.2, 0.25) is 0 Å². The zero-order valence-electron chi connectivity index (χ0n) is 13.6. The Morgan fingerprint density at radius 1 is 0.955 bits per heavy atom. The molecule has 6 nitrogen and oxygen atoms in total. The van der Waals surface area contributed by atoms with E-state index in [9.17, 15) is 9.59 Å². The van der Waals surface area contributed by atoms with Crippen molar-refractivity contribution >= 4 is 27.9 Å². The Balaban J connectivity index is 3.12. The molecule has 0 radical (unpaired) electrons. The van der Waals surface area contributed by atoms with Crippen molar-refractivity contribution in [2.45, 2.75) is 58.7 Å². The highest BCUT2D eigenvalue weighted by atomic mass is 79.9. The van der Waals surface area contributed by atoms with Crippen LogP contribution in [0.4, 0.5) is 0 Å². The molecule has 1 aromatic rings. The Morgan fingerprint density at radius 2 is 1.32 bits per heavy atom.